The number of aryl methyl sites for hydroxylation is 1. The van der Waals surface area contributed by atoms with E-state index in [1.54, 1.807) is 44.2 Å². The van der Waals surface area contributed by atoms with Crippen molar-refractivity contribution in [1.82, 2.24) is 26.2 Å². The number of nitrogens with one attached hydrogen (secondary N) is 4. The molecule has 0 aromatic heterocycles. The number of ketones is 1. The van der Waals surface area contributed by atoms with Gasteiger partial charge in [-0.15, -0.1) is 0 Å². The number of carbonyl (C=O) groups is 5. The Hall–Kier alpha value is -3.71. The van der Waals surface area contributed by atoms with Gasteiger partial charge in [-0.2, -0.15) is 17.6 Å². The number of epoxide rings is 1. The summed E-state index contributed by atoms with van der Waals surface area (Å²) in [4.78, 5) is 68.1. The molecule has 2 fully saturated rings. The van der Waals surface area contributed by atoms with Gasteiger partial charge in [-0.3, -0.25) is 28.9 Å². The van der Waals surface area contributed by atoms with E-state index in [0.29, 0.717) is 32.7 Å². The number of ether oxygens (including phenoxy) is 4. The van der Waals surface area contributed by atoms with Crippen LogP contribution in [0.3, 0.4) is 0 Å². The van der Waals surface area contributed by atoms with Crippen molar-refractivity contribution in [3.63, 3.8) is 0 Å². The Morgan fingerprint density at radius 1 is 0.804 bits per heavy atom. The minimum Gasteiger partial charge on any atom is -0.379 e. The van der Waals surface area contributed by atoms with E-state index in [9.17, 15) is 41.5 Å². The van der Waals surface area contributed by atoms with E-state index >= 15 is 0 Å². The Morgan fingerprint density at radius 3 is 1.80 bits per heavy atom. The van der Waals surface area contributed by atoms with Crippen LogP contribution in [0.25, 0.3) is 0 Å². The third kappa shape index (κ3) is 14.8. The van der Waals surface area contributed by atoms with Gasteiger partial charge in [-0.25, -0.2) is 0 Å². The molecule has 2 aliphatic heterocycles. The maximum atomic E-state index is 13.6. The highest BCUT2D eigenvalue weighted by molar-refractivity contribution is 5.98. The summed E-state index contributed by atoms with van der Waals surface area (Å²) in [6.07, 6.45) is 0.521. The van der Waals surface area contributed by atoms with Gasteiger partial charge in [0.2, 0.25) is 23.6 Å². The zero-order valence-electron chi connectivity index (χ0n) is 28.8. The number of alkyl halides is 4. The van der Waals surface area contributed by atoms with Crippen LogP contribution in [0.4, 0.5) is 17.6 Å². The zero-order valence-corrected chi connectivity index (χ0v) is 28.8. The first kappa shape index (κ1) is 41.7. The van der Waals surface area contributed by atoms with Crippen LogP contribution in [0.2, 0.25) is 0 Å². The third-order valence-electron chi connectivity index (χ3n) is 8.17. The lowest BCUT2D eigenvalue weighted by molar-refractivity contribution is -0.154. The lowest BCUT2D eigenvalue weighted by Crippen LogP contribution is -2.60. The number of nitrogens with zero attached hydrogens (tertiary/aromatic N) is 1. The summed E-state index contributed by atoms with van der Waals surface area (Å²) in [5.74, 6) is -4.33. The Kier molecular flexibility index (Phi) is 16.7. The molecule has 286 valence electrons. The summed E-state index contributed by atoms with van der Waals surface area (Å²) in [6, 6.07) is 2.90. The molecule has 3 rings (SSSR count). The molecule has 2 heterocycles. The van der Waals surface area contributed by atoms with Crippen molar-refractivity contribution in [3.8, 4) is 0 Å². The number of hydrogen-bond acceptors (Lipinski definition) is 10. The topological polar surface area (TPSA) is 177 Å². The second-order valence-corrected chi connectivity index (χ2v) is 12.9. The van der Waals surface area contributed by atoms with Crippen molar-refractivity contribution in [1.29, 1.82) is 0 Å². The number of benzene rings is 1. The molecule has 0 radical (unpaired) electrons. The van der Waals surface area contributed by atoms with Crippen molar-refractivity contribution in [3.05, 3.63) is 35.9 Å². The van der Waals surface area contributed by atoms with Crippen LogP contribution in [0.1, 0.15) is 39.2 Å². The number of carbonyl (C=O) groups excluding carboxylic acids is 5. The summed E-state index contributed by atoms with van der Waals surface area (Å²) >= 11 is 0. The molecule has 14 nitrogen and oxygen atoms in total. The lowest BCUT2D eigenvalue weighted by Gasteiger charge is -2.28. The molecule has 18 heteroatoms. The Morgan fingerprint density at radius 2 is 1.31 bits per heavy atom. The van der Waals surface area contributed by atoms with Gasteiger partial charge in [0.05, 0.1) is 45.6 Å². The zero-order chi connectivity index (χ0) is 37.6. The fourth-order valence-corrected chi connectivity index (χ4v) is 5.27. The molecule has 0 bridgehead atoms. The van der Waals surface area contributed by atoms with Crippen molar-refractivity contribution in [2.75, 3.05) is 52.7 Å². The first-order chi connectivity index (χ1) is 24.2. The van der Waals surface area contributed by atoms with Crippen LogP contribution >= 0.6 is 0 Å². The Labute approximate surface area is 293 Å². The standard InChI is InChI=1S/C33H47F4N5O9/c1-20(2)15-23(27(44)33(3)19-51-33)39-29(46)24(17-49-31(34)35)41-30(47)25(18-50-32(36)37)40-28(45)22(10-9-21-7-5-4-6-8-21)38-26(43)16-42-11-13-48-14-12-42/h4-8,20,22-25,31-32H,9-19H2,1-3H3,(H,38,43)(H,39,46)(H,40,45)(H,41,47)/t22-,23-,24-,25-,33+/m0/s1. The van der Waals surface area contributed by atoms with Gasteiger partial charge in [0.15, 0.2) is 5.78 Å². The van der Waals surface area contributed by atoms with Crippen molar-refractivity contribution < 1.29 is 60.5 Å². The smallest absolute Gasteiger partial charge is 0.345 e. The van der Waals surface area contributed by atoms with Gasteiger partial charge in [0, 0.05) is 13.1 Å². The van der Waals surface area contributed by atoms with Crippen LogP contribution in [-0.2, 0) is 49.3 Å². The maximum Gasteiger partial charge on any atom is 0.345 e. The SMILES string of the molecule is CC(C)C[C@H](NC(=O)[C@H](COC(F)F)NC(=O)[C@H](COC(F)F)NC(=O)[C@H](CCc1ccccc1)NC(=O)CN1CCOCC1)C(=O)[C@@]1(C)CO1. The quantitative estimate of drug-likeness (QED) is 0.0984. The van der Waals surface area contributed by atoms with Gasteiger partial charge in [0.25, 0.3) is 0 Å². The molecular weight excluding hydrogens is 686 g/mol. The van der Waals surface area contributed by atoms with E-state index in [2.05, 4.69) is 30.7 Å². The van der Waals surface area contributed by atoms with Crippen molar-refractivity contribution in [2.24, 2.45) is 5.92 Å². The van der Waals surface area contributed by atoms with Crippen molar-refractivity contribution in [2.45, 2.75) is 83.0 Å². The average molecular weight is 734 g/mol. The highest BCUT2D eigenvalue weighted by Gasteiger charge is 2.50. The van der Waals surface area contributed by atoms with Gasteiger partial charge in [0.1, 0.15) is 23.7 Å². The van der Waals surface area contributed by atoms with E-state index in [1.807, 2.05) is 4.90 Å². The van der Waals surface area contributed by atoms with E-state index in [-0.39, 0.29) is 31.9 Å². The minimum absolute atomic E-state index is 0.0515. The minimum atomic E-state index is -3.37. The van der Waals surface area contributed by atoms with Gasteiger partial charge in [-0.05, 0) is 37.7 Å². The van der Waals surface area contributed by atoms with Crippen LogP contribution in [0.5, 0.6) is 0 Å². The monoisotopic (exact) mass is 733 g/mol. The molecule has 51 heavy (non-hydrogen) atoms. The fourth-order valence-electron chi connectivity index (χ4n) is 5.27. The maximum absolute atomic E-state index is 13.6. The first-order valence-electron chi connectivity index (χ1n) is 16.7. The first-order valence-corrected chi connectivity index (χ1v) is 16.7. The molecular formula is C33H47F4N5O9. The predicted molar refractivity (Wildman–Crippen MR) is 172 cm³/mol. The molecule has 2 saturated heterocycles. The highest BCUT2D eigenvalue weighted by Crippen LogP contribution is 2.29. The second kappa shape index (κ2) is 20.4. The molecule has 0 saturated carbocycles. The molecule has 1 aromatic carbocycles. The van der Waals surface area contributed by atoms with E-state index in [0.717, 1.165) is 5.56 Å². The van der Waals surface area contributed by atoms with Crippen molar-refractivity contribution >= 4 is 29.4 Å². The molecule has 4 N–H and O–H groups in total. The van der Waals surface area contributed by atoms with Gasteiger partial charge < -0.3 is 40.2 Å². The number of rotatable bonds is 22. The van der Waals surface area contributed by atoms with E-state index < -0.39 is 85.6 Å². The second-order valence-electron chi connectivity index (χ2n) is 12.9. The number of morpholine rings is 1. The molecule has 4 amide bonds. The summed E-state index contributed by atoms with van der Waals surface area (Å²) in [6.45, 7) is -1.87. The number of hydrogen-bond donors (Lipinski definition) is 4. The largest absolute Gasteiger partial charge is 0.379 e. The van der Waals surface area contributed by atoms with Crippen LogP contribution < -0.4 is 21.3 Å². The summed E-state index contributed by atoms with van der Waals surface area (Å²) < 4.78 is 71.5. The molecule has 2 aliphatic rings. The molecule has 1 aromatic rings. The lowest BCUT2D eigenvalue weighted by atomic mass is 9.93. The van der Waals surface area contributed by atoms with E-state index in [4.69, 9.17) is 9.47 Å². The summed E-state index contributed by atoms with van der Waals surface area (Å²) in [7, 11) is 0. The number of halogens is 4. The Balaban J connectivity index is 1.78. The van der Waals surface area contributed by atoms with Crippen LogP contribution in [-0.4, -0.2) is 130 Å². The summed E-state index contributed by atoms with van der Waals surface area (Å²) in [5, 5.41) is 9.53. The van der Waals surface area contributed by atoms with Crippen LogP contribution in [0.15, 0.2) is 30.3 Å². The normalized spacial score (nSPS) is 20.0. The number of amides is 4. The Bertz CT molecular complexity index is 1300. The van der Waals surface area contributed by atoms with Gasteiger partial charge in [-0.1, -0.05) is 44.2 Å². The third-order valence-corrected chi connectivity index (χ3v) is 8.17. The highest BCUT2D eigenvalue weighted by atomic mass is 19.3. The fraction of sp³-hybridized carbons (Fsp3) is 0.667. The number of Topliss-reactive ketones (excluding diaryl/α,β-unsaturated/α-hetero) is 1. The predicted octanol–water partition coefficient (Wildman–Crippen LogP) is 0.773. The molecule has 0 spiro atoms. The molecule has 0 aliphatic carbocycles. The molecule has 5 atom stereocenters. The average Bonchev–Trinajstić information content (AvgIpc) is 3.84. The summed E-state index contributed by atoms with van der Waals surface area (Å²) in [5.41, 5.74) is -0.306. The van der Waals surface area contributed by atoms with Crippen LogP contribution in [0, 0.1) is 5.92 Å². The molecule has 0 unspecified atom stereocenters. The van der Waals surface area contributed by atoms with E-state index in [1.165, 1.54) is 6.92 Å². The van der Waals surface area contributed by atoms with Gasteiger partial charge >= 0.3 is 13.2 Å².